The Morgan fingerprint density at radius 3 is 2.43 bits per heavy atom. The Morgan fingerprint density at radius 1 is 1.17 bits per heavy atom. The Labute approximate surface area is 179 Å². The third-order valence-corrected chi connectivity index (χ3v) is 7.14. The van der Waals surface area contributed by atoms with E-state index in [1.807, 2.05) is 0 Å². The van der Waals surface area contributed by atoms with E-state index >= 15 is 0 Å². The molecule has 2 fully saturated rings. The minimum Gasteiger partial charge on any atom is -0.347 e. The van der Waals surface area contributed by atoms with Crippen molar-refractivity contribution in [1.29, 1.82) is 0 Å². The van der Waals surface area contributed by atoms with Gasteiger partial charge in [0, 0.05) is 27.2 Å². The van der Waals surface area contributed by atoms with Gasteiger partial charge in [-0.25, -0.2) is 18.5 Å². The van der Waals surface area contributed by atoms with E-state index in [0.29, 0.717) is 12.0 Å². The van der Waals surface area contributed by atoms with Crippen molar-refractivity contribution in [3.63, 3.8) is 0 Å². The van der Waals surface area contributed by atoms with Gasteiger partial charge in [-0.2, -0.15) is 0 Å². The molecule has 30 heavy (non-hydrogen) atoms. The number of likely N-dealkylation sites (tertiary alicyclic amines) is 1. The summed E-state index contributed by atoms with van der Waals surface area (Å²) in [5, 5.41) is 8.40. The highest BCUT2D eigenvalue weighted by Gasteiger charge is 2.39. The van der Waals surface area contributed by atoms with Gasteiger partial charge in [0.25, 0.3) is 0 Å². The number of nitrogens with one attached hydrogen (secondary N) is 1. The van der Waals surface area contributed by atoms with E-state index in [1.54, 1.807) is 31.1 Å². The van der Waals surface area contributed by atoms with Crippen LogP contribution in [0.5, 0.6) is 0 Å². The van der Waals surface area contributed by atoms with Crippen LogP contribution in [0.4, 0.5) is 0 Å². The number of aliphatic imine (C=N–C) groups is 1. The molecular weight excluding hydrogens is 402 g/mol. The molecule has 1 aromatic carbocycles. The van der Waals surface area contributed by atoms with Gasteiger partial charge in [0.1, 0.15) is 0 Å². The first kappa shape index (κ1) is 22.6. The highest BCUT2D eigenvalue weighted by molar-refractivity contribution is 7.89. The minimum absolute atomic E-state index is 0.00761. The van der Waals surface area contributed by atoms with Crippen molar-refractivity contribution in [1.82, 2.24) is 15.1 Å². The molecule has 2 aliphatic rings. The summed E-state index contributed by atoms with van der Waals surface area (Å²) in [6.07, 6.45) is 7.61. The Balaban J connectivity index is 1.72. The molecule has 1 saturated carbocycles. The standard InChI is InChI=1S/C21H33N5O3S/c1-25(2)19(27)15-24-20(26-13-12-21(16-26)10-4-3-5-11-21)23-14-17-6-8-18(9-7-17)30(22,28)29/h6-9H,3-5,10-16H2,1-2H3,(H,23,24)(H2,22,28,29). The molecule has 0 atom stereocenters. The molecule has 166 valence electrons. The monoisotopic (exact) mass is 435 g/mol. The largest absolute Gasteiger partial charge is 0.347 e. The Morgan fingerprint density at radius 2 is 1.83 bits per heavy atom. The zero-order valence-electron chi connectivity index (χ0n) is 17.9. The van der Waals surface area contributed by atoms with Crippen LogP contribution in [0.2, 0.25) is 0 Å². The molecule has 8 nitrogen and oxygen atoms in total. The van der Waals surface area contributed by atoms with E-state index < -0.39 is 10.0 Å². The Kier molecular flexibility index (Phi) is 7.02. The number of amides is 1. The maximum absolute atomic E-state index is 12.1. The number of rotatable bonds is 5. The van der Waals surface area contributed by atoms with Crippen LogP contribution < -0.4 is 10.5 Å². The van der Waals surface area contributed by atoms with Crippen LogP contribution in [0, 0.1) is 5.41 Å². The average Bonchev–Trinajstić information content (AvgIpc) is 3.11. The van der Waals surface area contributed by atoms with E-state index in [1.165, 1.54) is 50.7 Å². The molecule has 0 radical (unpaired) electrons. The maximum Gasteiger partial charge on any atom is 0.241 e. The van der Waals surface area contributed by atoms with Gasteiger partial charge >= 0.3 is 0 Å². The first-order chi connectivity index (χ1) is 14.2. The fraction of sp³-hybridized carbons (Fsp3) is 0.619. The molecule has 1 heterocycles. The molecule has 1 aliphatic heterocycles. The molecule has 0 bridgehead atoms. The van der Waals surface area contributed by atoms with Gasteiger partial charge in [-0.1, -0.05) is 31.4 Å². The van der Waals surface area contributed by atoms with Crippen LogP contribution in [0.15, 0.2) is 34.2 Å². The molecule has 1 spiro atoms. The lowest BCUT2D eigenvalue weighted by Crippen LogP contribution is -2.45. The van der Waals surface area contributed by atoms with Crippen molar-refractivity contribution < 1.29 is 13.2 Å². The van der Waals surface area contributed by atoms with Gasteiger partial charge in [-0.15, -0.1) is 0 Å². The number of nitrogens with two attached hydrogens (primary N) is 1. The number of sulfonamides is 1. The topological polar surface area (TPSA) is 108 Å². The summed E-state index contributed by atoms with van der Waals surface area (Å²) >= 11 is 0. The van der Waals surface area contributed by atoms with Crippen LogP contribution >= 0.6 is 0 Å². The summed E-state index contributed by atoms with van der Waals surface area (Å²) in [7, 11) is -0.231. The fourth-order valence-electron chi connectivity index (χ4n) is 4.36. The summed E-state index contributed by atoms with van der Waals surface area (Å²) < 4.78 is 22.9. The van der Waals surface area contributed by atoms with Gasteiger partial charge in [-0.3, -0.25) is 4.79 Å². The normalized spacial score (nSPS) is 19.2. The molecule has 1 saturated heterocycles. The zero-order chi connectivity index (χ0) is 21.8. The van der Waals surface area contributed by atoms with E-state index in [9.17, 15) is 13.2 Å². The molecule has 1 amide bonds. The number of nitrogens with zero attached hydrogens (tertiary/aromatic N) is 3. The van der Waals surface area contributed by atoms with Crippen molar-refractivity contribution in [3.05, 3.63) is 29.8 Å². The smallest absolute Gasteiger partial charge is 0.241 e. The van der Waals surface area contributed by atoms with Crippen molar-refractivity contribution in [2.24, 2.45) is 15.5 Å². The summed E-state index contributed by atoms with van der Waals surface area (Å²) in [6, 6.07) is 6.43. The van der Waals surface area contributed by atoms with Gasteiger partial charge in [0.05, 0.1) is 18.0 Å². The number of carbonyl (C=O) groups is 1. The molecule has 3 N–H and O–H groups in total. The summed E-state index contributed by atoms with van der Waals surface area (Å²) in [6.45, 7) is 2.50. The van der Waals surface area contributed by atoms with E-state index in [0.717, 1.165) is 24.6 Å². The molecule has 3 rings (SSSR count). The van der Waals surface area contributed by atoms with Gasteiger partial charge in [0.15, 0.2) is 5.96 Å². The van der Waals surface area contributed by atoms with Gasteiger partial charge in [0.2, 0.25) is 15.9 Å². The first-order valence-electron chi connectivity index (χ1n) is 10.5. The zero-order valence-corrected chi connectivity index (χ0v) is 18.7. The van der Waals surface area contributed by atoms with Gasteiger partial charge < -0.3 is 15.1 Å². The first-order valence-corrected chi connectivity index (χ1v) is 12.1. The van der Waals surface area contributed by atoms with Crippen LogP contribution in [0.1, 0.15) is 44.1 Å². The number of likely N-dealkylation sites (N-methyl/N-ethyl adjacent to an activating group) is 1. The highest BCUT2D eigenvalue weighted by Crippen LogP contribution is 2.43. The molecule has 0 aromatic heterocycles. The number of hydrogen-bond donors (Lipinski definition) is 2. The van der Waals surface area contributed by atoms with E-state index in [2.05, 4.69) is 10.2 Å². The number of primary sulfonamides is 1. The van der Waals surface area contributed by atoms with Crippen molar-refractivity contribution in [3.8, 4) is 0 Å². The quantitative estimate of drug-likeness (QED) is 0.539. The molecule has 0 unspecified atom stereocenters. The second-order valence-corrected chi connectivity index (χ2v) is 10.3. The maximum atomic E-state index is 12.1. The predicted octanol–water partition coefficient (Wildman–Crippen LogP) is 1.52. The Bertz CT molecular complexity index is 874. The molecule has 9 heteroatoms. The second kappa shape index (κ2) is 9.34. The average molecular weight is 436 g/mol. The van der Waals surface area contributed by atoms with Crippen LogP contribution in [0.25, 0.3) is 0 Å². The molecule has 1 aliphatic carbocycles. The number of hydrogen-bond acceptors (Lipinski definition) is 4. The number of guanidine groups is 1. The number of benzene rings is 1. The highest BCUT2D eigenvalue weighted by atomic mass is 32.2. The summed E-state index contributed by atoms with van der Waals surface area (Å²) in [5.41, 5.74) is 1.26. The molecular formula is C21H33N5O3S. The Hall–Kier alpha value is -2.13. The minimum atomic E-state index is -3.70. The van der Waals surface area contributed by atoms with Crippen LogP contribution in [-0.2, 0) is 21.4 Å². The van der Waals surface area contributed by atoms with Crippen molar-refractivity contribution >= 4 is 21.9 Å². The number of carbonyl (C=O) groups excluding carboxylic acids is 1. The van der Waals surface area contributed by atoms with E-state index in [4.69, 9.17) is 10.1 Å². The van der Waals surface area contributed by atoms with Gasteiger partial charge in [-0.05, 0) is 42.4 Å². The van der Waals surface area contributed by atoms with E-state index in [-0.39, 0.29) is 17.3 Å². The lowest BCUT2D eigenvalue weighted by atomic mass is 9.73. The SMILES string of the molecule is CN(C)C(=O)CNC(=NCc1ccc(S(N)(=O)=O)cc1)N1CCC2(CCCCC2)C1. The predicted molar refractivity (Wildman–Crippen MR) is 117 cm³/mol. The second-order valence-electron chi connectivity index (χ2n) is 8.70. The van der Waals surface area contributed by atoms with Crippen molar-refractivity contribution in [2.45, 2.75) is 50.0 Å². The lowest BCUT2D eigenvalue weighted by Gasteiger charge is -2.33. The molecule has 1 aromatic rings. The third kappa shape index (κ3) is 5.72. The van der Waals surface area contributed by atoms with Crippen molar-refractivity contribution in [2.75, 3.05) is 33.7 Å². The lowest BCUT2D eigenvalue weighted by molar-refractivity contribution is -0.127. The van der Waals surface area contributed by atoms with Crippen LogP contribution in [0.3, 0.4) is 0 Å². The van der Waals surface area contributed by atoms with Crippen LogP contribution in [-0.4, -0.2) is 63.8 Å². The summed E-state index contributed by atoms with van der Waals surface area (Å²) in [4.78, 5) is 20.8. The summed E-state index contributed by atoms with van der Waals surface area (Å²) in [5.74, 6) is 0.731. The fourth-order valence-corrected chi connectivity index (χ4v) is 4.87. The third-order valence-electron chi connectivity index (χ3n) is 6.21.